The highest BCUT2D eigenvalue weighted by Gasteiger charge is 2.09. The highest BCUT2D eigenvalue weighted by Crippen LogP contribution is 2.27. The lowest BCUT2D eigenvalue weighted by atomic mass is 10.0. The van der Waals surface area contributed by atoms with Crippen LogP contribution in [0.5, 0.6) is 17.2 Å². The first-order chi connectivity index (χ1) is 12.5. The van der Waals surface area contributed by atoms with Crippen LogP contribution in [0.2, 0.25) is 0 Å². The third kappa shape index (κ3) is 5.24. The molecule has 0 atom stereocenters. The monoisotopic (exact) mass is 356 g/mol. The molecule has 0 aliphatic rings. The predicted octanol–water partition coefficient (Wildman–Crippen LogP) is 3.36. The first-order valence-corrected chi connectivity index (χ1v) is 8.30. The highest BCUT2D eigenvalue weighted by atomic mass is 16.5. The van der Waals surface area contributed by atoms with Crippen molar-refractivity contribution in [3.63, 3.8) is 0 Å². The van der Waals surface area contributed by atoms with Gasteiger partial charge in [-0.25, -0.2) is 5.43 Å². The number of nitrogens with one attached hydrogen (secondary N) is 1. The lowest BCUT2D eigenvalue weighted by molar-refractivity contribution is -0.123. The summed E-state index contributed by atoms with van der Waals surface area (Å²) in [7, 11) is 3.14. The van der Waals surface area contributed by atoms with Crippen LogP contribution < -0.4 is 19.6 Å². The Bertz CT molecular complexity index is 772. The molecule has 1 amide bonds. The van der Waals surface area contributed by atoms with Gasteiger partial charge in [0.15, 0.2) is 18.1 Å². The van der Waals surface area contributed by atoms with Crippen LogP contribution in [-0.4, -0.2) is 32.9 Å². The number of nitrogens with zero attached hydrogens (tertiary/aromatic N) is 1. The van der Waals surface area contributed by atoms with Gasteiger partial charge in [-0.15, -0.1) is 0 Å². The van der Waals surface area contributed by atoms with E-state index in [-0.39, 0.29) is 12.5 Å². The van der Waals surface area contributed by atoms with Crippen molar-refractivity contribution in [2.24, 2.45) is 5.10 Å². The lowest BCUT2D eigenvalue weighted by Gasteiger charge is -2.13. The Morgan fingerprint density at radius 2 is 1.81 bits per heavy atom. The zero-order chi connectivity index (χ0) is 18.9. The Kier molecular flexibility index (Phi) is 7.02. The third-order valence-electron chi connectivity index (χ3n) is 3.71. The van der Waals surface area contributed by atoms with Gasteiger partial charge in [-0.3, -0.25) is 4.79 Å². The molecule has 2 rings (SSSR count). The fourth-order valence-electron chi connectivity index (χ4n) is 2.38. The molecule has 2 aromatic carbocycles. The second kappa shape index (κ2) is 9.46. The number of hydrogen-bond donors (Lipinski definition) is 1. The molecule has 0 saturated carbocycles. The van der Waals surface area contributed by atoms with E-state index in [1.807, 2.05) is 30.3 Å². The van der Waals surface area contributed by atoms with Gasteiger partial charge in [-0.05, 0) is 41.3 Å². The van der Waals surface area contributed by atoms with Crippen molar-refractivity contribution >= 4 is 12.1 Å². The number of ether oxygens (including phenoxy) is 3. The second-order valence-corrected chi connectivity index (χ2v) is 5.89. The maximum Gasteiger partial charge on any atom is 0.277 e. The van der Waals surface area contributed by atoms with Crippen LogP contribution in [0.4, 0.5) is 0 Å². The molecule has 0 unspecified atom stereocenters. The van der Waals surface area contributed by atoms with E-state index in [1.165, 1.54) is 6.21 Å². The molecule has 0 fully saturated rings. The van der Waals surface area contributed by atoms with E-state index >= 15 is 0 Å². The van der Waals surface area contributed by atoms with Crippen molar-refractivity contribution in [1.29, 1.82) is 0 Å². The number of methoxy groups -OCH3 is 2. The van der Waals surface area contributed by atoms with E-state index in [2.05, 4.69) is 24.4 Å². The fourth-order valence-corrected chi connectivity index (χ4v) is 2.38. The molecule has 26 heavy (non-hydrogen) atoms. The number of amides is 1. The number of carbonyl (C=O) groups is 1. The SMILES string of the molecule is COc1ccc(/C=N/NC(=O)COc2ccccc2C(C)C)cc1OC. The van der Waals surface area contributed by atoms with Gasteiger partial charge in [-0.2, -0.15) is 5.10 Å². The van der Waals surface area contributed by atoms with Gasteiger partial charge in [0.2, 0.25) is 0 Å². The number of benzene rings is 2. The molecule has 0 aliphatic carbocycles. The standard InChI is InChI=1S/C20H24N2O4/c1-14(2)16-7-5-6-8-17(16)26-13-20(23)22-21-12-15-9-10-18(24-3)19(11-15)25-4/h5-12,14H,13H2,1-4H3,(H,22,23)/b21-12+. The molecule has 0 radical (unpaired) electrons. The summed E-state index contributed by atoms with van der Waals surface area (Å²) >= 11 is 0. The molecular formula is C20H24N2O4. The van der Waals surface area contributed by atoms with Crippen molar-refractivity contribution < 1.29 is 19.0 Å². The topological polar surface area (TPSA) is 69.2 Å². The van der Waals surface area contributed by atoms with Crippen LogP contribution in [0.25, 0.3) is 0 Å². The average molecular weight is 356 g/mol. The summed E-state index contributed by atoms with van der Waals surface area (Å²) in [6, 6.07) is 13.0. The predicted molar refractivity (Wildman–Crippen MR) is 101 cm³/mol. The summed E-state index contributed by atoms with van der Waals surface area (Å²) in [5, 5.41) is 3.94. The van der Waals surface area contributed by atoms with Gasteiger partial charge in [0.1, 0.15) is 5.75 Å². The third-order valence-corrected chi connectivity index (χ3v) is 3.71. The van der Waals surface area contributed by atoms with Crippen LogP contribution >= 0.6 is 0 Å². The molecule has 138 valence electrons. The van der Waals surface area contributed by atoms with Crippen molar-refractivity contribution in [2.75, 3.05) is 20.8 Å². The zero-order valence-corrected chi connectivity index (χ0v) is 15.5. The minimum Gasteiger partial charge on any atom is -0.493 e. The summed E-state index contributed by atoms with van der Waals surface area (Å²) in [4.78, 5) is 11.9. The maximum absolute atomic E-state index is 11.9. The van der Waals surface area contributed by atoms with Crippen molar-refractivity contribution in [2.45, 2.75) is 19.8 Å². The van der Waals surface area contributed by atoms with Gasteiger partial charge in [0, 0.05) is 0 Å². The van der Waals surface area contributed by atoms with E-state index in [4.69, 9.17) is 14.2 Å². The number of hydrazone groups is 1. The molecule has 0 spiro atoms. The van der Waals surface area contributed by atoms with Crippen molar-refractivity contribution in [1.82, 2.24) is 5.43 Å². The number of rotatable bonds is 8. The minimum atomic E-state index is -0.333. The normalized spacial score (nSPS) is 10.8. The molecule has 0 aliphatic heterocycles. The summed E-state index contributed by atoms with van der Waals surface area (Å²) < 4.78 is 16.0. The summed E-state index contributed by atoms with van der Waals surface area (Å²) in [6.07, 6.45) is 1.53. The molecular weight excluding hydrogens is 332 g/mol. The molecule has 0 aromatic heterocycles. The first-order valence-electron chi connectivity index (χ1n) is 8.30. The molecule has 6 heteroatoms. The Labute approximate surface area is 153 Å². The summed E-state index contributed by atoms with van der Waals surface area (Å²) in [5.74, 6) is 1.92. The van der Waals surface area contributed by atoms with Crippen LogP contribution in [0.15, 0.2) is 47.6 Å². The molecule has 6 nitrogen and oxygen atoms in total. The highest BCUT2D eigenvalue weighted by molar-refractivity contribution is 5.83. The molecule has 0 saturated heterocycles. The van der Waals surface area contributed by atoms with Gasteiger partial charge >= 0.3 is 0 Å². The molecule has 0 bridgehead atoms. The first kappa shape index (κ1) is 19.3. The fraction of sp³-hybridized carbons (Fsp3) is 0.300. The average Bonchev–Trinajstić information content (AvgIpc) is 2.66. The van der Waals surface area contributed by atoms with E-state index in [9.17, 15) is 4.79 Å². The molecule has 1 N–H and O–H groups in total. The van der Waals surface area contributed by atoms with E-state index in [0.29, 0.717) is 23.2 Å². The molecule has 2 aromatic rings. The summed E-state index contributed by atoms with van der Waals surface area (Å²) in [6.45, 7) is 4.05. The quantitative estimate of drug-likeness (QED) is 0.582. The van der Waals surface area contributed by atoms with Gasteiger partial charge in [-0.1, -0.05) is 32.0 Å². The van der Waals surface area contributed by atoms with Crippen LogP contribution in [0.1, 0.15) is 30.9 Å². The van der Waals surface area contributed by atoms with Gasteiger partial charge in [0.25, 0.3) is 5.91 Å². The van der Waals surface area contributed by atoms with Gasteiger partial charge < -0.3 is 14.2 Å². The zero-order valence-electron chi connectivity index (χ0n) is 15.5. The van der Waals surface area contributed by atoms with Crippen molar-refractivity contribution in [3.8, 4) is 17.2 Å². The van der Waals surface area contributed by atoms with E-state index in [1.54, 1.807) is 26.4 Å². The van der Waals surface area contributed by atoms with Crippen LogP contribution in [-0.2, 0) is 4.79 Å². The smallest absolute Gasteiger partial charge is 0.277 e. The Morgan fingerprint density at radius 1 is 1.08 bits per heavy atom. The number of para-hydroxylation sites is 1. The maximum atomic E-state index is 11.9. The van der Waals surface area contributed by atoms with Gasteiger partial charge in [0.05, 0.1) is 20.4 Å². The second-order valence-electron chi connectivity index (χ2n) is 5.89. The van der Waals surface area contributed by atoms with Crippen LogP contribution in [0.3, 0.4) is 0 Å². The number of carbonyl (C=O) groups excluding carboxylic acids is 1. The minimum absolute atomic E-state index is 0.104. The van der Waals surface area contributed by atoms with E-state index < -0.39 is 0 Å². The van der Waals surface area contributed by atoms with E-state index in [0.717, 1.165) is 11.1 Å². The Morgan fingerprint density at radius 3 is 2.50 bits per heavy atom. The Hall–Kier alpha value is -3.02. The van der Waals surface area contributed by atoms with Crippen molar-refractivity contribution in [3.05, 3.63) is 53.6 Å². The largest absolute Gasteiger partial charge is 0.493 e. The number of hydrogen-bond acceptors (Lipinski definition) is 5. The lowest BCUT2D eigenvalue weighted by Crippen LogP contribution is -2.24. The molecule has 0 heterocycles. The van der Waals surface area contributed by atoms with Crippen LogP contribution in [0, 0.1) is 0 Å². The summed E-state index contributed by atoms with van der Waals surface area (Å²) in [5.41, 5.74) is 4.29. The Balaban J connectivity index is 1.90.